The van der Waals surface area contributed by atoms with Gasteiger partial charge in [-0.1, -0.05) is 32.0 Å². The Bertz CT molecular complexity index is 262. The third kappa shape index (κ3) is 3.26. The Balaban J connectivity index is 2.52. The van der Waals surface area contributed by atoms with Gasteiger partial charge >= 0.3 is 0 Å². The minimum Gasteiger partial charge on any atom is -0.329 e. The van der Waals surface area contributed by atoms with Gasteiger partial charge in [0.25, 0.3) is 0 Å². The van der Waals surface area contributed by atoms with Crippen molar-refractivity contribution in [1.82, 2.24) is 20.2 Å². The zero-order chi connectivity index (χ0) is 10.4. The fraction of sp³-hybridized carbons (Fsp3) is 0.875. The standard InChI is InChI=1S/C8H17N5S/c1-3-4-7(2)14-8-10-11-12-13(8)6-5-9/h7H,3-6,9H2,1-2H3. The predicted octanol–water partition coefficient (Wildman–Crippen LogP) is 0.912. The van der Waals surface area contributed by atoms with Crippen LogP contribution in [0.5, 0.6) is 0 Å². The molecular weight excluding hydrogens is 198 g/mol. The number of tetrazole rings is 1. The van der Waals surface area contributed by atoms with E-state index in [-0.39, 0.29) is 0 Å². The third-order valence-electron chi connectivity index (χ3n) is 1.84. The van der Waals surface area contributed by atoms with E-state index in [4.69, 9.17) is 5.73 Å². The number of nitrogens with zero attached hydrogens (tertiary/aromatic N) is 4. The van der Waals surface area contributed by atoms with E-state index in [9.17, 15) is 0 Å². The summed E-state index contributed by atoms with van der Waals surface area (Å²) in [4.78, 5) is 0. The second-order valence-corrected chi connectivity index (χ2v) is 4.60. The molecule has 0 aromatic carbocycles. The van der Waals surface area contributed by atoms with Crippen LogP contribution in [-0.2, 0) is 6.54 Å². The number of rotatable bonds is 6. The van der Waals surface area contributed by atoms with Gasteiger partial charge in [0, 0.05) is 11.8 Å². The maximum atomic E-state index is 5.45. The monoisotopic (exact) mass is 215 g/mol. The molecule has 0 spiro atoms. The molecule has 1 rings (SSSR count). The molecule has 6 heteroatoms. The molecule has 0 bridgehead atoms. The van der Waals surface area contributed by atoms with Gasteiger partial charge in [0.05, 0.1) is 6.54 Å². The molecule has 1 aromatic rings. The molecule has 0 amide bonds. The van der Waals surface area contributed by atoms with E-state index in [0.29, 0.717) is 18.3 Å². The average molecular weight is 215 g/mol. The molecule has 2 N–H and O–H groups in total. The van der Waals surface area contributed by atoms with Crippen LogP contribution < -0.4 is 5.73 Å². The predicted molar refractivity (Wildman–Crippen MR) is 57.1 cm³/mol. The van der Waals surface area contributed by atoms with Crippen molar-refractivity contribution < 1.29 is 0 Å². The number of hydrogen-bond donors (Lipinski definition) is 1. The smallest absolute Gasteiger partial charge is 0.209 e. The van der Waals surface area contributed by atoms with E-state index in [2.05, 4.69) is 29.4 Å². The normalized spacial score (nSPS) is 13.1. The lowest BCUT2D eigenvalue weighted by Crippen LogP contribution is -2.13. The largest absolute Gasteiger partial charge is 0.329 e. The third-order valence-corrected chi connectivity index (χ3v) is 2.98. The quantitative estimate of drug-likeness (QED) is 0.714. The minimum atomic E-state index is 0.558. The summed E-state index contributed by atoms with van der Waals surface area (Å²) in [6, 6.07) is 0. The van der Waals surface area contributed by atoms with Crippen LogP contribution in [0.15, 0.2) is 5.16 Å². The van der Waals surface area contributed by atoms with Gasteiger partial charge in [-0.05, 0) is 16.8 Å². The molecule has 0 saturated carbocycles. The van der Waals surface area contributed by atoms with Crippen molar-refractivity contribution in [3.8, 4) is 0 Å². The Hall–Kier alpha value is -0.620. The van der Waals surface area contributed by atoms with Crippen LogP contribution in [0.25, 0.3) is 0 Å². The molecule has 5 nitrogen and oxygen atoms in total. The van der Waals surface area contributed by atoms with Crippen LogP contribution in [0.1, 0.15) is 26.7 Å². The van der Waals surface area contributed by atoms with Gasteiger partial charge in [-0.3, -0.25) is 0 Å². The van der Waals surface area contributed by atoms with Crippen molar-refractivity contribution in [2.45, 2.75) is 43.6 Å². The lowest BCUT2D eigenvalue weighted by Gasteiger charge is -2.08. The van der Waals surface area contributed by atoms with Gasteiger partial charge in [-0.2, -0.15) is 0 Å². The Morgan fingerprint density at radius 3 is 3.00 bits per heavy atom. The Morgan fingerprint density at radius 2 is 2.36 bits per heavy atom. The molecule has 0 aliphatic rings. The number of aromatic nitrogens is 4. The second-order valence-electron chi connectivity index (χ2n) is 3.19. The molecule has 0 saturated heterocycles. The molecular formula is C8H17N5S. The van der Waals surface area contributed by atoms with Crippen LogP contribution >= 0.6 is 11.8 Å². The summed E-state index contributed by atoms with van der Waals surface area (Å²) in [5, 5.41) is 12.9. The molecule has 80 valence electrons. The number of nitrogens with two attached hydrogens (primary N) is 1. The first-order valence-corrected chi connectivity index (χ1v) is 5.78. The van der Waals surface area contributed by atoms with E-state index in [1.807, 2.05) is 0 Å². The Kier molecular flexibility index (Phi) is 4.89. The maximum Gasteiger partial charge on any atom is 0.209 e. The van der Waals surface area contributed by atoms with E-state index >= 15 is 0 Å². The molecule has 1 aromatic heterocycles. The first kappa shape index (κ1) is 11.5. The lowest BCUT2D eigenvalue weighted by atomic mass is 10.3. The van der Waals surface area contributed by atoms with Crippen molar-refractivity contribution in [1.29, 1.82) is 0 Å². The first-order valence-electron chi connectivity index (χ1n) is 4.90. The maximum absolute atomic E-state index is 5.45. The van der Waals surface area contributed by atoms with Gasteiger partial charge in [-0.15, -0.1) is 5.10 Å². The Labute approximate surface area is 88.4 Å². The van der Waals surface area contributed by atoms with E-state index in [1.54, 1.807) is 16.4 Å². The summed E-state index contributed by atoms with van der Waals surface area (Å²) in [5.41, 5.74) is 5.45. The van der Waals surface area contributed by atoms with Crippen LogP contribution in [-0.4, -0.2) is 32.0 Å². The zero-order valence-corrected chi connectivity index (χ0v) is 9.50. The summed E-state index contributed by atoms with van der Waals surface area (Å²) in [6.07, 6.45) is 2.37. The summed E-state index contributed by atoms with van der Waals surface area (Å²) >= 11 is 1.71. The molecule has 0 aliphatic heterocycles. The highest BCUT2D eigenvalue weighted by Gasteiger charge is 2.10. The molecule has 0 radical (unpaired) electrons. The Morgan fingerprint density at radius 1 is 1.57 bits per heavy atom. The topological polar surface area (TPSA) is 69.6 Å². The fourth-order valence-electron chi connectivity index (χ4n) is 1.19. The van der Waals surface area contributed by atoms with Gasteiger partial charge in [0.2, 0.25) is 5.16 Å². The van der Waals surface area contributed by atoms with Crippen molar-refractivity contribution in [3.63, 3.8) is 0 Å². The van der Waals surface area contributed by atoms with Crippen LogP contribution in [0.4, 0.5) is 0 Å². The summed E-state index contributed by atoms with van der Waals surface area (Å²) < 4.78 is 1.76. The fourth-order valence-corrected chi connectivity index (χ4v) is 2.24. The summed E-state index contributed by atoms with van der Waals surface area (Å²) in [5.74, 6) is 0. The number of hydrogen-bond acceptors (Lipinski definition) is 5. The SMILES string of the molecule is CCCC(C)Sc1nnnn1CCN. The van der Waals surface area contributed by atoms with Crippen molar-refractivity contribution in [2.75, 3.05) is 6.54 Å². The molecule has 1 atom stereocenters. The van der Waals surface area contributed by atoms with Crippen LogP contribution in [0.2, 0.25) is 0 Å². The number of thioether (sulfide) groups is 1. The van der Waals surface area contributed by atoms with Crippen molar-refractivity contribution >= 4 is 11.8 Å². The zero-order valence-electron chi connectivity index (χ0n) is 8.68. The average Bonchev–Trinajstić information content (AvgIpc) is 2.54. The van der Waals surface area contributed by atoms with Gasteiger partial charge < -0.3 is 5.73 Å². The van der Waals surface area contributed by atoms with Gasteiger partial charge in [0.15, 0.2) is 0 Å². The molecule has 0 aliphatic carbocycles. The van der Waals surface area contributed by atoms with E-state index in [1.165, 1.54) is 12.8 Å². The van der Waals surface area contributed by atoms with Gasteiger partial charge in [0.1, 0.15) is 0 Å². The lowest BCUT2D eigenvalue weighted by molar-refractivity contribution is 0.556. The second kappa shape index (κ2) is 5.98. The van der Waals surface area contributed by atoms with E-state index in [0.717, 1.165) is 5.16 Å². The summed E-state index contributed by atoms with van der Waals surface area (Å²) in [6.45, 7) is 5.63. The van der Waals surface area contributed by atoms with Crippen molar-refractivity contribution in [2.24, 2.45) is 5.73 Å². The minimum absolute atomic E-state index is 0.558. The van der Waals surface area contributed by atoms with Crippen molar-refractivity contribution in [3.05, 3.63) is 0 Å². The summed E-state index contributed by atoms with van der Waals surface area (Å²) in [7, 11) is 0. The van der Waals surface area contributed by atoms with Crippen LogP contribution in [0, 0.1) is 0 Å². The molecule has 1 heterocycles. The molecule has 14 heavy (non-hydrogen) atoms. The van der Waals surface area contributed by atoms with Crippen LogP contribution in [0.3, 0.4) is 0 Å². The highest BCUT2D eigenvalue weighted by molar-refractivity contribution is 7.99. The highest BCUT2D eigenvalue weighted by Crippen LogP contribution is 2.22. The van der Waals surface area contributed by atoms with Gasteiger partial charge in [-0.25, -0.2) is 4.68 Å². The molecule has 1 unspecified atom stereocenters. The van der Waals surface area contributed by atoms with E-state index < -0.39 is 0 Å². The molecule has 0 fully saturated rings. The highest BCUT2D eigenvalue weighted by atomic mass is 32.2. The first-order chi connectivity index (χ1) is 6.77.